The Bertz CT molecular complexity index is 766. The molecule has 24 heavy (non-hydrogen) atoms. The monoisotopic (exact) mass is 325 g/mol. The fourth-order valence-electron chi connectivity index (χ4n) is 3.76. The largest absolute Gasteiger partial charge is 0.484 e. The normalized spacial score (nSPS) is 18.8. The van der Waals surface area contributed by atoms with E-state index in [1.54, 1.807) is 0 Å². The topological polar surface area (TPSA) is 56.2 Å². The Morgan fingerprint density at radius 2 is 2.21 bits per heavy atom. The van der Waals surface area contributed by atoms with Gasteiger partial charge in [0.25, 0.3) is 5.91 Å². The Hall–Kier alpha value is -2.30. The smallest absolute Gasteiger partial charge is 0.258 e. The highest BCUT2D eigenvalue weighted by atomic mass is 16.5. The molecular weight excluding hydrogens is 302 g/mol. The molecule has 126 valence electrons. The van der Waals surface area contributed by atoms with Crippen LogP contribution in [0.5, 0.6) is 5.75 Å². The van der Waals surface area contributed by atoms with E-state index >= 15 is 0 Å². The number of nitrogens with one attached hydrogen (secondary N) is 1. The van der Waals surface area contributed by atoms with Crippen LogP contribution in [-0.4, -0.2) is 28.1 Å². The summed E-state index contributed by atoms with van der Waals surface area (Å²) in [6.45, 7) is 2.87. The molecule has 1 amide bonds. The molecule has 2 aliphatic rings. The van der Waals surface area contributed by atoms with Gasteiger partial charge in [0.05, 0.1) is 5.69 Å². The van der Waals surface area contributed by atoms with E-state index in [1.807, 2.05) is 13.0 Å². The van der Waals surface area contributed by atoms with Gasteiger partial charge in [0, 0.05) is 25.2 Å². The highest BCUT2D eigenvalue weighted by Gasteiger charge is 2.21. The Kier molecular flexibility index (Phi) is 4.00. The van der Waals surface area contributed by atoms with Crippen molar-refractivity contribution in [3.05, 3.63) is 47.0 Å². The lowest BCUT2D eigenvalue weighted by Crippen LogP contribution is -2.42. The van der Waals surface area contributed by atoms with Gasteiger partial charge in [0.2, 0.25) is 0 Å². The molecule has 0 unspecified atom stereocenters. The molecule has 0 bridgehead atoms. The molecule has 0 fully saturated rings. The molecule has 2 heterocycles. The predicted molar refractivity (Wildman–Crippen MR) is 91.2 cm³/mol. The number of aryl methyl sites for hydroxylation is 4. The summed E-state index contributed by atoms with van der Waals surface area (Å²) in [5, 5.41) is 3.08. The van der Waals surface area contributed by atoms with Crippen LogP contribution < -0.4 is 10.1 Å². The molecule has 5 heteroatoms. The minimum atomic E-state index is -0.0548. The number of ether oxygens (including phenoxy) is 1. The summed E-state index contributed by atoms with van der Waals surface area (Å²) < 4.78 is 7.82. The zero-order valence-electron chi connectivity index (χ0n) is 14.0. The number of nitrogens with zero attached hydrogens (tertiary/aromatic N) is 2. The van der Waals surface area contributed by atoms with Gasteiger partial charge in [0.1, 0.15) is 11.6 Å². The number of carbonyl (C=O) groups is 1. The van der Waals surface area contributed by atoms with Crippen LogP contribution in [0, 0.1) is 6.92 Å². The van der Waals surface area contributed by atoms with E-state index in [0.717, 1.165) is 49.5 Å². The van der Waals surface area contributed by atoms with Crippen LogP contribution in [0.3, 0.4) is 0 Å². The van der Waals surface area contributed by atoms with Gasteiger partial charge in [-0.15, -0.1) is 0 Å². The maximum atomic E-state index is 12.2. The van der Waals surface area contributed by atoms with Crippen molar-refractivity contribution in [2.24, 2.45) is 0 Å². The van der Waals surface area contributed by atoms with Crippen LogP contribution in [0.15, 0.2) is 24.4 Å². The molecule has 0 saturated heterocycles. The minimum absolute atomic E-state index is 0.0548. The number of benzene rings is 1. The summed E-state index contributed by atoms with van der Waals surface area (Å²) in [6, 6.07) is 6.33. The van der Waals surface area contributed by atoms with Crippen molar-refractivity contribution >= 4 is 5.91 Å². The fraction of sp³-hybridized carbons (Fsp3) is 0.474. The Balaban J connectivity index is 1.29. The standard InChI is InChI=1S/C19H23N3O2/c1-13-10-22-11-16(6-8-18(22)20-13)21-19(23)12-24-17-7-5-14-3-2-4-15(14)9-17/h5,7,9-10,16H,2-4,6,8,11-12H2,1H3,(H,21,23)/t16-/m1/s1. The third-order valence-corrected chi connectivity index (χ3v) is 4.92. The molecule has 0 spiro atoms. The number of rotatable bonds is 4. The third kappa shape index (κ3) is 3.16. The molecule has 1 aromatic carbocycles. The van der Waals surface area contributed by atoms with Crippen LogP contribution in [0.1, 0.15) is 35.5 Å². The van der Waals surface area contributed by atoms with Crippen LogP contribution in [0.25, 0.3) is 0 Å². The molecule has 1 N–H and O–H groups in total. The molecule has 1 aliphatic carbocycles. The summed E-state index contributed by atoms with van der Waals surface area (Å²) >= 11 is 0. The summed E-state index contributed by atoms with van der Waals surface area (Å²) in [7, 11) is 0. The highest BCUT2D eigenvalue weighted by molar-refractivity contribution is 5.77. The first-order valence-electron chi connectivity index (χ1n) is 8.74. The highest BCUT2D eigenvalue weighted by Crippen LogP contribution is 2.26. The van der Waals surface area contributed by atoms with Crippen molar-refractivity contribution in [3.8, 4) is 5.75 Å². The van der Waals surface area contributed by atoms with Crippen molar-refractivity contribution in [1.82, 2.24) is 14.9 Å². The van der Waals surface area contributed by atoms with E-state index in [4.69, 9.17) is 4.74 Å². The van der Waals surface area contributed by atoms with Crippen molar-refractivity contribution in [1.29, 1.82) is 0 Å². The second-order valence-electron chi connectivity index (χ2n) is 6.83. The summed E-state index contributed by atoms with van der Waals surface area (Å²) in [6.07, 6.45) is 7.39. The van der Waals surface area contributed by atoms with E-state index < -0.39 is 0 Å². The lowest BCUT2D eigenvalue weighted by atomic mass is 10.1. The zero-order valence-corrected chi connectivity index (χ0v) is 14.0. The van der Waals surface area contributed by atoms with Gasteiger partial charge in [-0.3, -0.25) is 4.79 Å². The Morgan fingerprint density at radius 3 is 3.12 bits per heavy atom. The first-order chi connectivity index (χ1) is 11.7. The molecule has 5 nitrogen and oxygen atoms in total. The van der Waals surface area contributed by atoms with Crippen LogP contribution in [0.4, 0.5) is 0 Å². The molecule has 1 aliphatic heterocycles. The van der Waals surface area contributed by atoms with Crippen molar-refractivity contribution in [2.75, 3.05) is 6.61 Å². The fourth-order valence-corrected chi connectivity index (χ4v) is 3.76. The molecule has 0 radical (unpaired) electrons. The predicted octanol–water partition coefficient (Wildman–Crippen LogP) is 2.19. The average molecular weight is 325 g/mol. The van der Waals surface area contributed by atoms with Crippen LogP contribution in [-0.2, 0) is 30.6 Å². The number of carbonyl (C=O) groups excluding carboxylic acids is 1. The van der Waals surface area contributed by atoms with Gasteiger partial charge >= 0.3 is 0 Å². The van der Waals surface area contributed by atoms with Crippen molar-refractivity contribution in [3.63, 3.8) is 0 Å². The maximum Gasteiger partial charge on any atom is 0.258 e. The summed E-state index contributed by atoms with van der Waals surface area (Å²) in [4.78, 5) is 16.7. The SMILES string of the molecule is Cc1cn2c(n1)CC[C@@H](NC(=O)COc1ccc3c(c1)CCC3)C2. The summed E-state index contributed by atoms with van der Waals surface area (Å²) in [5.74, 6) is 1.86. The van der Waals surface area contributed by atoms with Crippen molar-refractivity contribution in [2.45, 2.75) is 51.6 Å². The third-order valence-electron chi connectivity index (χ3n) is 4.92. The molecule has 4 rings (SSSR count). The average Bonchev–Trinajstić information content (AvgIpc) is 3.17. The van der Waals surface area contributed by atoms with Crippen molar-refractivity contribution < 1.29 is 9.53 Å². The number of fused-ring (bicyclic) bond motifs is 2. The Labute approximate surface area is 142 Å². The van der Waals surface area contributed by atoms with E-state index in [0.29, 0.717) is 0 Å². The van der Waals surface area contributed by atoms with Crippen LogP contribution >= 0.6 is 0 Å². The van der Waals surface area contributed by atoms with Gasteiger partial charge < -0.3 is 14.6 Å². The second kappa shape index (κ2) is 6.30. The Morgan fingerprint density at radius 1 is 1.33 bits per heavy atom. The second-order valence-corrected chi connectivity index (χ2v) is 6.83. The number of imidazole rings is 1. The number of hydrogen-bond donors (Lipinski definition) is 1. The number of aromatic nitrogens is 2. The van der Waals surface area contributed by atoms with Gasteiger partial charge in [0.15, 0.2) is 6.61 Å². The zero-order chi connectivity index (χ0) is 16.5. The van der Waals surface area contributed by atoms with Gasteiger partial charge in [-0.2, -0.15) is 0 Å². The molecule has 1 atom stereocenters. The van der Waals surface area contributed by atoms with Gasteiger partial charge in [-0.1, -0.05) is 6.07 Å². The quantitative estimate of drug-likeness (QED) is 0.937. The lowest BCUT2D eigenvalue weighted by molar-refractivity contribution is -0.124. The number of hydrogen-bond acceptors (Lipinski definition) is 3. The molecule has 0 saturated carbocycles. The first kappa shape index (κ1) is 15.2. The minimum Gasteiger partial charge on any atom is -0.484 e. The van der Waals surface area contributed by atoms with Crippen LogP contribution in [0.2, 0.25) is 0 Å². The van der Waals surface area contributed by atoms with E-state index in [9.17, 15) is 4.79 Å². The first-order valence-corrected chi connectivity index (χ1v) is 8.74. The van der Waals surface area contributed by atoms with E-state index in [2.05, 4.69) is 33.2 Å². The van der Waals surface area contributed by atoms with E-state index in [1.165, 1.54) is 17.5 Å². The maximum absolute atomic E-state index is 12.2. The molecule has 2 aromatic rings. The molecular formula is C19H23N3O2. The van der Waals surface area contributed by atoms with Gasteiger partial charge in [-0.05, 0) is 55.9 Å². The van der Waals surface area contributed by atoms with Gasteiger partial charge in [-0.25, -0.2) is 4.98 Å². The summed E-state index contributed by atoms with van der Waals surface area (Å²) in [5.41, 5.74) is 3.82. The molecule has 1 aromatic heterocycles. The number of amides is 1. The van der Waals surface area contributed by atoms with E-state index in [-0.39, 0.29) is 18.6 Å². The lowest BCUT2D eigenvalue weighted by Gasteiger charge is -2.24.